The quantitative estimate of drug-likeness (QED) is 0.258. The normalized spacial score (nSPS) is 11.0. The zero-order valence-electron chi connectivity index (χ0n) is 16.0. The van der Waals surface area contributed by atoms with E-state index in [-0.39, 0.29) is 0 Å². The third-order valence-electron chi connectivity index (χ3n) is 5.68. The van der Waals surface area contributed by atoms with Gasteiger partial charge in [-0.1, -0.05) is 115 Å². The smallest absolute Gasteiger partial charge is 0.0848 e. The lowest BCUT2D eigenvalue weighted by Crippen LogP contribution is -2.14. The minimum Gasteiger partial charge on any atom is -0.0848 e. The maximum atomic E-state index is 2.27. The van der Waals surface area contributed by atoms with Gasteiger partial charge in [-0.15, -0.1) is 0 Å². The number of fused-ring (bicyclic) bond motifs is 2. The summed E-state index contributed by atoms with van der Waals surface area (Å²) in [6.45, 7) is 2.25. The lowest BCUT2D eigenvalue weighted by atomic mass is 9.68. The molecule has 0 N–H and O–H groups in total. The molecule has 0 heterocycles. The minimum absolute atomic E-state index is 1.04. The summed E-state index contributed by atoms with van der Waals surface area (Å²) >= 11 is 0. The molecule has 0 amide bonds. The molecule has 0 unspecified atom stereocenters. The van der Waals surface area contributed by atoms with E-state index in [1.165, 1.54) is 49.3 Å². The van der Waals surface area contributed by atoms with Crippen molar-refractivity contribution in [3.63, 3.8) is 0 Å². The third-order valence-corrected chi connectivity index (χ3v) is 5.68. The molecule has 132 valence electrons. The van der Waals surface area contributed by atoms with Gasteiger partial charge in [0.15, 0.2) is 7.28 Å². The molecular formula is C27H21B. The van der Waals surface area contributed by atoms with Crippen LogP contribution in [0.25, 0.3) is 43.8 Å². The molecule has 0 radical (unpaired) electrons. The summed E-state index contributed by atoms with van der Waals surface area (Å²) < 4.78 is 0. The zero-order valence-corrected chi connectivity index (χ0v) is 16.0. The molecule has 28 heavy (non-hydrogen) atoms. The highest BCUT2D eigenvalue weighted by Crippen LogP contribution is 2.36. The van der Waals surface area contributed by atoms with E-state index in [0.29, 0.717) is 0 Å². The summed E-state index contributed by atoms with van der Waals surface area (Å²) in [5, 5.41) is 5.41. The fourth-order valence-corrected chi connectivity index (χ4v) is 4.37. The van der Waals surface area contributed by atoms with Crippen molar-refractivity contribution in [1.29, 1.82) is 0 Å². The van der Waals surface area contributed by atoms with E-state index in [1.807, 2.05) is 0 Å². The highest BCUT2D eigenvalue weighted by atomic mass is 14.1. The van der Waals surface area contributed by atoms with Crippen LogP contribution in [0, 0.1) is 0 Å². The molecule has 5 aromatic carbocycles. The van der Waals surface area contributed by atoms with E-state index in [0.717, 1.165) is 7.28 Å². The topological polar surface area (TPSA) is 0 Å². The first-order valence-electron chi connectivity index (χ1n) is 9.95. The van der Waals surface area contributed by atoms with Crippen molar-refractivity contribution in [3.8, 4) is 22.3 Å². The second kappa shape index (κ2) is 7.01. The molecule has 0 nitrogen and oxygen atoms in total. The average molecular weight is 356 g/mol. The van der Waals surface area contributed by atoms with Gasteiger partial charge in [0.1, 0.15) is 0 Å². The highest BCUT2D eigenvalue weighted by molar-refractivity contribution is 6.60. The van der Waals surface area contributed by atoms with Crippen LogP contribution in [0.4, 0.5) is 0 Å². The van der Waals surface area contributed by atoms with E-state index in [4.69, 9.17) is 0 Å². The van der Waals surface area contributed by atoms with Gasteiger partial charge < -0.3 is 0 Å². The molecule has 0 fully saturated rings. The summed E-state index contributed by atoms with van der Waals surface area (Å²) in [4.78, 5) is 0. The van der Waals surface area contributed by atoms with Crippen LogP contribution in [0.15, 0.2) is 103 Å². The van der Waals surface area contributed by atoms with Gasteiger partial charge in [0.25, 0.3) is 0 Å². The van der Waals surface area contributed by atoms with Crippen LogP contribution in [0.3, 0.4) is 0 Å². The first-order chi connectivity index (χ1) is 13.9. The Morgan fingerprint density at radius 2 is 0.857 bits per heavy atom. The van der Waals surface area contributed by atoms with Crippen LogP contribution in [0.5, 0.6) is 0 Å². The molecule has 5 rings (SSSR count). The van der Waals surface area contributed by atoms with Crippen molar-refractivity contribution >= 4 is 34.3 Å². The van der Waals surface area contributed by atoms with Crippen molar-refractivity contribution in [2.24, 2.45) is 0 Å². The standard InChI is InChI=1S/C27H21B/c1-28-27-24-13-7-5-11-22(24)26(23-12-6-8-14-25(23)27)21-17-15-20(16-18-21)19-9-3-2-4-10-19/h2-18,28H,1H3. The summed E-state index contributed by atoms with van der Waals surface area (Å²) in [5.74, 6) is 0. The first kappa shape index (κ1) is 16.8. The number of benzene rings is 5. The van der Waals surface area contributed by atoms with Crippen LogP contribution in [0.2, 0.25) is 6.82 Å². The molecule has 0 aliphatic carbocycles. The predicted octanol–water partition coefficient (Wildman–Crippen LogP) is 6.44. The minimum atomic E-state index is 1.04. The Kier molecular flexibility index (Phi) is 4.22. The summed E-state index contributed by atoms with van der Waals surface area (Å²) in [6, 6.07) is 37.2. The van der Waals surface area contributed by atoms with E-state index in [1.54, 1.807) is 0 Å². The summed E-state index contributed by atoms with van der Waals surface area (Å²) in [7, 11) is 1.04. The molecule has 0 aliphatic rings. The Bertz CT molecular complexity index is 1210. The van der Waals surface area contributed by atoms with E-state index < -0.39 is 0 Å². The zero-order chi connectivity index (χ0) is 18.9. The fourth-order valence-electron chi connectivity index (χ4n) is 4.37. The lowest BCUT2D eigenvalue weighted by molar-refractivity contribution is 1.61. The molecule has 0 bridgehead atoms. The van der Waals surface area contributed by atoms with Crippen LogP contribution >= 0.6 is 0 Å². The molecule has 5 aromatic rings. The van der Waals surface area contributed by atoms with Crippen LogP contribution in [-0.2, 0) is 0 Å². The first-order valence-corrected chi connectivity index (χ1v) is 9.95. The number of rotatable bonds is 3. The predicted molar refractivity (Wildman–Crippen MR) is 125 cm³/mol. The van der Waals surface area contributed by atoms with Gasteiger partial charge in [-0.3, -0.25) is 0 Å². The molecule has 0 aliphatic heterocycles. The van der Waals surface area contributed by atoms with Crippen LogP contribution in [0.1, 0.15) is 0 Å². The fraction of sp³-hybridized carbons (Fsp3) is 0.0370. The molecule has 0 saturated carbocycles. The van der Waals surface area contributed by atoms with Gasteiger partial charge in [0.05, 0.1) is 0 Å². The Morgan fingerprint density at radius 3 is 1.39 bits per heavy atom. The molecule has 0 aromatic heterocycles. The highest BCUT2D eigenvalue weighted by Gasteiger charge is 2.14. The van der Waals surface area contributed by atoms with E-state index in [2.05, 4.69) is 110 Å². The van der Waals surface area contributed by atoms with Gasteiger partial charge >= 0.3 is 0 Å². The maximum absolute atomic E-state index is 2.27. The second-order valence-corrected chi connectivity index (χ2v) is 7.24. The molecule has 0 atom stereocenters. The molecule has 0 spiro atoms. The number of hydrogen-bond donors (Lipinski definition) is 0. The lowest BCUT2D eigenvalue weighted by Gasteiger charge is -2.16. The Morgan fingerprint density at radius 1 is 0.429 bits per heavy atom. The van der Waals surface area contributed by atoms with Crippen LogP contribution in [-0.4, -0.2) is 7.28 Å². The van der Waals surface area contributed by atoms with Gasteiger partial charge in [-0.05, 0) is 43.8 Å². The molecular weight excluding hydrogens is 335 g/mol. The Labute approximate surface area is 166 Å². The third kappa shape index (κ3) is 2.71. The second-order valence-electron chi connectivity index (χ2n) is 7.24. The van der Waals surface area contributed by atoms with Crippen molar-refractivity contribution in [1.82, 2.24) is 0 Å². The molecule has 0 saturated heterocycles. The van der Waals surface area contributed by atoms with Gasteiger partial charge in [-0.25, -0.2) is 0 Å². The Hall–Kier alpha value is -3.32. The van der Waals surface area contributed by atoms with Gasteiger partial charge in [0.2, 0.25) is 0 Å². The van der Waals surface area contributed by atoms with Crippen molar-refractivity contribution < 1.29 is 0 Å². The monoisotopic (exact) mass is 356 g/mol. The largest absolute Gasteiger partial charge is 0.156 e. The summed E-state index contributed by atoms with van der Waals surface area (Å²) in [6.07, 6.45) is 0. The van der Waals surface area contributed by atoms with Gasteiger partial charge in [-0.2, -0.15) is 0 Å². The van der Waals surface area contributed by atoms with Crippen LogP contribution < -0.4 is 5.46 Å². The summed E-state index contributed by atoms with van der Waals surface area (Å²) in [5.41, 5.74) is 6.56. The van der Waals surface area contributed by atoms with E-state index >= 15 is 0 Å². The van der Waals surface area contributed by atoms with Gasteiger partial charge in [0, 0.05) is 0 Å². The van der Waals surface area contributed by atoms with Crippen molar-refractivity contribution in [2.75, 3.05) is 0 Å². The average Bonchev–Trinajstić information content (AvgIpc) is 2.78. The molecule has 1 heteroatoms. The van der Waals surface area contributed by atoms with Crippen molar-refractivity contribution in [3.05, 3.63) is 103 Å². The SMILES string of the molecule is CBc1c2ccccc2c(-c2ccc(-c3ccccc3)cc2)c2ccccc12. The van der Waals surface area contributed by atoms with Crippen molar-refractivity contribution in [2.45, 2.75) is 6.82 Å². The van der Waals surface area contributed by atoms with E-state index in [9.17, 15) is 0 Å². The Balaban J connectivity index is 1.78. The maximum Gasteiger partial charge on any atom is 0.156 e. The number of hydrogen-bond acceptors (Lipinski definition) is 0.